The molecule has 0 radical (unpaired) electrons. The largest absolute Gasteiger partial charge is 0.455 e. The molecule has 0 aliphatic heterocycles. The van der Waals surface area contributed by atoms with Crippen LogP contribution < -0.4 is 0 Å². The Morgan fingerprint density at radius 3 is 1.24 bits per heavy atom. The SMILES string of the molecule is c1ccc(-c2nc(-c3ccccc3)nc(-c3cc(C45CCC(CC4)CC5)c4oc5c(C67CCC(CC6)CC7)cc(C67CCC(CC6)CC7)cc5c4c3)n2)cc1. The van der Waals surface area contributed by atoms with Crippen molar-refractivity contribution in [2.45, 2.75) is 132 Å². The lowest BCUT2D eigenvalue weighted by atomic mass is 9.55. The molecule has 55 heavy (non-hydrogen) atoms. The molecule has 4 nitrogen and oxygen atoms in total. The Balaban J connectivity index is 1.14. The van der Waals surface area contributed by atoms with Crippen LogP contribution in [0.15, 0.2) is 89.3 Å². The van der Waals surface area contributed by atoms with Gasteiger partial charge >= 0.3 is 0 Å². The fraction of sp³-hybridized carbons (Fsp3) is 0.471. The monoisotopic (exact) mass is 723 g/mol. The van der Waals surface area contributed by atoms with Crippen molar-refractivity contribution in [1.82, 2.24) is 15.0 Å². The third kappa shape index (κ3) is 5.18. The molecular formula is C51H53N3O. The molecule has 0 atom stereocenters. The Morgan fingerprint density at radius 1 is 0.400 bits per heavy atom. The zero-order valence-electron chi connectivity index (χ0n) is 32.3. The molecule has 6 aromatic rings. The van der Waals surface area contributed by atoms with Gasteiger partial charge in [-0.1, -0.05) is 66.7 Å². The van der Waals surface area contributed by atoms with Crippen LogP contribution in [0.5, 0.6) is 0 Å². The minimum absolute atomic E-state index is 0.138. The first-order chi connectivity index (χ1) is 27.1. The predicted octanol–water partition coefficient (Wildman–Crippen LogP) is 13.4. The minimum Gasteiger partial charge on any atom is -0.455 e. The van der Waals surface area contributed by atoms with Gasteiger partial charge in [0.25, 0.3) is 0 Å². The van der Waals surface area contributed by atoms with Crippen LogP contribution >= 0.6 is 0 Å². The van der Waals surface area contributed by atoms with Crippen LogP contribution in [0.1, 0.15) is 132 Å². The van der Waals surface area contributed by atoms with Crippen molar-refractivity contribution in [2.24, 2.45) is 17.8 Å². The molecule has 9 aliphatic rings. The fourth-order valence-electron chi connectivity index (χ4n) is 13.1. The Morgan fingerprint density at radius 2 is 0.782 bits per heavy atom. The number of benzene rings is 4. The Labute approximate surface area is 325 Å². The molecule has 6 bridgehead atoms. The second kappa shape index (κ2) is 12.3. The maximum Gasteiger partial charge on any atom is 0.164 e. The summed E-state index contributed by atoms with van der Waals surface area (Å²) in [7, 11) is 0. The average molecular weight is 724 g/mol. The first-order valence-electron chi connectivity index (χ1n) is 22.0. The van der Waals surface area contributed by atoms with Crippen LogP contribution in [0.25, 0.3) is 56.1 Å². The van der Waals surface area contributed by atoms with E-state index in [1.807, 2.05) is 0 Å². The van der Waals surface area contributed by atoms with Crippen molar-refractivity contribution in [3.05, 3.63) is 102 Å². The molecule has 2 aromatic heterocycles. The van der Waals surface area contributed by atoms with Gasteiger partial charge in [-0.2, -0.15) is 0 Å². The quantitative estimate of drug-likeness (QED) is 0.172. The summed E-state index contributed by atoms with van der Waals surface area (Å²) >= 11 is 0. The average Bonchev–Trinajstić information content (AvgIpc) is 3.66. The molecule has 0 N–H and O–H groups in total. The molecule has 4 heteroatoms. The van der Waals surface area contributed by atoms with Crippen LogP contribution in [0, 0.1) is 17.8 Å². The number of hydrogen-bond donors (Lipinski definition) is 0. The van der Waals surface area contributed by atoms with E-state index in [1.165, 1.54) is 137 Å². The van der Waals surface area contributed by atoms with E-state index in [4.69, 9.17) is 19.4 Å². The summed E-state index contributed by atoms with van der Waals surface area (Å²) in [5.41, 5.74) is 10.8. The van der Waals surface area contributed by atoms with E-state index < -0.39 is 0 Å². The van der Waals surface area contributed by atoms with Gasteiger partial charge in [-0.25, -0.2) is 15.0 Å². The molecular weight excluding hydrogens is 671 g/mol. The number of aromatic nitrogens is 3. The molecule has 9 fully saturated rings. The van der Waals surface area contributed by atoms with E-state index in [2.05, 4.69) is 84.9 Å². The molecule has 15 rings (SSSR count). The summed E-state index contributed by atoms with van der Waals surface area (Å²) in [5.74, 6) is 4.98. The van der Waals surface area contributed by atoms with Crippen molar-refractivity contribution in [2.75, 3.05) is 0 Å². The molecule has 0 spiro atoms. The molecule has 4 aromatic carbocycles. The van der Waals surface area contributed by atoms with E-state index in [0.29, 0.717) is 5.41 Å². The minimum atomic E-state index is 0.138. The fourth-order valence-corrected chi connectivity index (χ4v) is 13.1. The Kier molecular flexibility index (Phi) is 7.38. The predicted molar refractivity (Wildman–Crippen MR) is 222 cm³/mol. The number of furan rings is 1. The number of nitrogens with zero attached hydrogens (tertiary/aromatic N) is 3. The highest BCUT2D eigenvalue weighted by molar-refractivity contribution is 6.09. The van der Waals surface area contributed by atoms with Crippen molar-refractivity contribution in [3.63, 3.8) is 0 Å². The van der Waals surface area contributed by atoms with Crippen LogP contribution in [0.4, 0.5) is 0 Å². The lowest BCUT2D eigenvalue weighted by Crippen LogP contribution is -2.40. The molecule has 9 aliphatic carbocycles. The first kappa shape index (κ1) is 32.9. The van der Waals surface area contributed by atoms with Gasteiger partial charge < -0.3 is 4.42 Å². The second-order valence-corrected chi connectivity index (χ2v) is 19.2. The normalized spacial score (nSPS) is 31.1. The zero-order chi connectivity index (χ0) is 36.2. The molecule has 0 amide bonds. The smallest absolute Gasteiger partial charge is 0.164 e. The summed E-state index contributed by atoms with van der Waals surface area (Å²) in [6.07, 6.45) is 24.1. The molecule has 278 valence electrons. The van der Waals surface area contributed by atoms with Crippen molar-refractivity contribution >= 4 is 21.9 Å². The van der Waals surface area contributed by atoms with Crippen molar-refractivity contribution < 1.29 is 4.42 Å². The number of hydrogen-bond acceptors (Lipinski definition) is 4. The highest BCUT2D eigenvalue weighted by atomic mass is 16.3. The zero-order valence-corrected chi connectivity index (χ0v) is 32.3. The van der Waals surface area contributed by atoms with Crippen molar-refractivity contribution in [3.8, 4) is 34.2 Å². The number of rotatable bonds is 6. The van der Waals surface area contributed by atoms with E-state index in [0.717, 1.165) is 57.5 Å². The Hall–Kier alpha value is -4.31. The lowest BCUT2D eigenvalue weighted by Gasteiger charge is -2.49. The molecule has 0 saturated heterocycles. The van der Waals surface area contributed by atoms with Gasteiger partial charge in [-0.15, -0.1) is 0 Å². The van der Waals surface area contributed by atoms with Crippen LogP contribution in [0.3, 0.4) is 0 Å². The molecule has 9 saturated carbocycles. The van der Waals surface area contributed by atoms with Crippen LogP contribution in [0.2, 0.25) is 0 Å². The van der Waals surface area contributed by atoms with E-state index in [1.54, 1.807) is 11.1 Å². The topological polar surface area (TPSA) is 51.8 Å². The summed E-state index contributed by atoms with van der Waals surface area (Å²) in [4.78, 5) is 15.7. The van der Waals surface area contributed by atoms with Gasteiger partial charge in [0.05, 0.1) is 0 Å². The standard InChI is InChI=1S/C51H53N3O/c1-3-7-36(8-4-1)46-52-47(37-9-5-2-6-10-37)54-48(53-46)38-29-40-41-31-39(49-20-11-33(12-21-49)13-22-49)32-43(51-26-17-35(18-27-51)19-28-51)45(41)55-44(40)42(30-38)50-23-14-34(15-24-50)16-25-50/h1-10,29-35H,11-28H2. The van der Waals surface area contributed by atoms with E-state index in [9.17, 15) is 0 Å². The van der Waals surface area contributed by atoms with Gasteiger partial charge in [-0.3, -0.25) is 0 Å². The summed E-state index contributed by atoms with van der Waals surface area (Å²) in [5, 5.41) is 2.65. The maximum atomic E-state index is 7.55. The van der Waals surface area contributed by atoms with Gasteiger partial charge in [0, 0.05) is 38.6 Å². The van der Waals surface area contributed by atoms with Gasteiger partial charge in [0.2, 0.25) is 0 Å². The third-order valence-electron chi connectivity index (χ3n) is 16.7. The second-order valence-electron chi connectivity index (χ2n) is 19.2. The van der Waals surface area contributed by atoms with Gasteiger partial charge in [-0.05, 0) is 173 Å². The maximum absolute atomic E-state index is 7.55. The molecule has 2 heterocycles. The third-order valence-corrected chi connectivity index (χ3v) is 16.7. The Bertz CT molecular complexity index is 2320. The van der Waals surface area contributed by atoms with Gasteiger partial charge in [0.1, 0.15) is 11.2 Å². The summed E-state index contributed by atoms with van der Waals surface area (Å²) in [6, 6.07) is 31.2. The molecule has 0 unspecified atom stereocenters. The number of fused-ring (bicyclic) bond motifs is 12. The highest BCUT2D eigenvalue weighted by Crippen LogP contribution is 2.59. The van der Waals surface area contributed by atoms with E-state index in [-0.39, 0.29) is 10.8 Å². The van der Waals surface area contributed by atoms with E-state index >= 15 is 0 Å². The summed E-state index contributed by atoms with van der Waals surface area (Å²) in [6.45, 7) is 0. The lowest BCUT2D eigenvalue weighted by molar-refractivity contribution is 0.130. The van der Waals surface area contributed by atoms with Gasteiger partial charge in [0.15, 0.2) is 17.5 Å². The highest BCUT2D eigenvalue weighted by Gasteiger charge is 2.48. The van der Waals surface area contributed by atoms with Crippen LogP contribution in [-0.2, 0) is 16.2 Å². The van der Waals surface area contributed by atoms with Crippen molar-refractivity contribution in [1.29, 1.82) is 0 Å². The summed E-state index contributed by atoms with van der Waals surface area (Å²) < 4.78 is 7.55. The van der Waals surface area contributed by atoms with Crippen LogP contribution in [-0.4, -0.2) is 15.0 Å². The first-order valence-corrected chi connectivity index (χ1v) is 22.0.